The van der Waals surface area contributed by atoms with E-state index >= 15 is 0 Å². The third kappa shape index (κ3) is 1.39. The number of pyridine rings is 2. The fourth-order valence-corrected chi connectivity index (χ4v) is 2.11. The fourth-order valence-electron chi connectivity index (χ4n) is 2.11. The molecule has 3 rings (SSSR count). The van der Waals surface area contributed by atoms with Gasteiger partial charge in [0.2, 0.25) is 0 Å². The Morgan fingerprint density at radius 1 is 1.06 bits per heavy atom. The van der Waals surface area contributed by atoms with E-state index in [1.54, 1.807) is 18.3 Å². The Bertz CT molecular complexity index is 833. The minimum atomic E-state index is -1.21. The van der Waals surface area contributed by atoms with Gasteiger partial charge in [-0.1, -0.05) is 24.3 Å². The molecule has 0 spiro atoms. The molecule has 0 bridgehead atoms. The largest absolute Gasteiger partial charge is 0.477 e. The number of hydrogen-bond acceptors (Lipinski definition) is 2. The molecule has 2 aromatic heterocycles. The summed E-state index contributed by atoms with van der Waals surface area (Å²) in [6.45, 7) is 0. The second-order valence-electron chi connectivity index (χ2n) is 4.02. The molecule has 3 aromatic rings. The molecule has 0 aliphatic carbocycles. The van der Waals surface area contributed by atoms with Crippen LogP contribution in [0.4, 0.5) is 0 Å². The summed E-state index contributed by atoms with van der Waals surface area (Å²) in [6, 6.07) is 12.5. The molecule has 2 heterocycles. The first kappa shape index (κ1) is 10.5. The molecule has 4 heteroatoms. The molecule has 0 amide bonds. The average molecular weight is 239 g/mol. The number of aromatic carboxylic acids is 1. The number of benzene rings is 1. The maximum Gasteiger partial charge on any atom is 0.341 e. The van der Waals surface area contributed by atoms with Gasteiger partial charge in [-0.25, -0.2) is 4.79 Å². The third-order valence-corrected chi connectivity index (χ3v) is 2.99. The lowest BCUT2D eigenvalue weighted by molar-refractivity contribution is 0.0695. The number of aromatic nitrogens is 1. The van der Waals surface area contributed by atoms with E-state index in [0.29, 0.717) is 5.52 Å². The van der Waals surface area contributed by atoms with Crippen LogP contribution in [0.1, 0.15) is 10.4 Å². The summed E-state index contributed by atoms with van der Waals surface area (Å²) < 4.78 is 1.37. The van der Waals surface area contributed by atoms with Crippen LogP contribution in [0.25, 0.3) is 16.3 Å². The van der Waals surface area contributed by atoms with Crippen molar-refractivity contribution in [3.05, 3.63) is 64.6 Å². The van der Waals surface area contributed by atoms with Gasteiger partial charge in [-0.15, -0.1) is 0 Å². The van der Waals surface area contributed by atoms with E-state index in [2.05, 4.69) is 0 Å². The van der Waals surface area contributed by atoms with Gasteiger partial charge >= 0.3 is 5.97 Å². The second-order valence-corrected chi connectivity index (χ2v) is 4.02. The minimum Gasteiger partial charge on any atom is -0.477 e. The van der Waals surface area contributed by atoms with Crippen LogP contribution in [0.3, 0.4) is 0 Å². The molecule has 0 aliphatic heterocycles. The number of rotatable bonds is 1. The Hall–Kier alpha value is -2.62. The van der Waals surface area contributed by atoms with Crippen molar-refractivity contribution < 1.29 is 9.90 Å². The van der Waals surface area contributed by atoms with E-state index in [-0.39, 0.29) is 5.56 Å². The zero-order valence-corrected chi connectivity index (χ0v) is 9.33. The summed E-state index contributed by atoms with van der Waals surface area (Å²) in [7, 11) is 0. The summed E-state index contributed by atoms with van der Waals surface area (Å²) in [5.74, 6) is -1.21. The Morgan fingerprint density at radius 3 is 2.61 bits per heavy atom. The molecule has 88 valence electrons. The average Bonchev–Trinajstić information content (AvgIpc) is 2.38. The predicted molar refractivity (Wildman–Crippen MR) is 68.1 cm³/mol. The predicted octanol–water partition coefficient (Wildman–Crippen LogP) is 2.15. The Balaban J connectivity index is 2.52. The quantitative estimate of drug-likeness (QED) is 0.662. The van der Waals surface area contributed by atoms with E-state index in [1.807, 2.05) is 24.3 Å². The molecule has 18 heavy (non-hydrogen) atoms. The summed E-state index contributed by atoms with van der Waals surface area (Å²) >= 11 is 0. The van der Waals surface area contributed by atoms with Crippen LogP contribution < -0.4 is 5.56 Å². The number of carboxylic acid groups (broad SMARTS) is 1. The summed E-state index contributed by atoms with van der Waals surface area (Å²) in [5.41, 5.74) is -0.0170. The lowest BCUT2D eigenvalue weighted by Gasteiger charge is -2.05. The van der Waals surface area contributed by atoms with E-state index in [9.17, 15) is 9.59 Å². The van der Waals surface area contributed by atoms with Crippen molar-refractivity contribution in [1.29, 1.82) is 0 Å². The molecule has 0 atom stereocenters. The molecule has 0 aliphatic rings. The molecule has 0 fully saturated rings. The van der Waals surface area contributed by atoms with Gasteiger partial charge in [0, 0.05) is 11.6 Å². The van der Waals surface area contributed by atoms with E-state index in [1.165, 1.54) is 10.5 Å². The van der Waals surface area contributed by atoms with Gasteiger partial charge in [-0.05, 0) is 23.6 Å². The second kappa shape index (κ2) is 3.70. The van der Waals surface area contributed by atoms with Gasteiger partial charge in [0.15, 0.2) is 0 Å². The highest BCUT2D eigenvalue weighted by atomic mass is 16.4. The van der Waals surface area contributed by atoms with Crippen LogP contribution in [-0.2, 0) is 0 Å². The van der Waals surface area contributed by atoms with Crippen LogP contribution in [0, 0.1) is 0 Å². The highest BCUT2D eigenvalue weighted by Crippen LogP contribution is 2.18. The van der Waals surface area contributed by atoms with Gasteiger partial charge in [-0.3, -0.25) is 9.20 Å². The maximum atomic E-state index is 12.0. The van der Waals surface area contributed by atoms with Crippen molar-refractivity contribution in [1.82, 2.24) is 4.40 Å². The number of carboxylic acids is 1. The van der Waals surface area contributed by atoms with E-state index in [0.717, 1.165) is 10.8 Å². The topological polar surface area (TPSA) is 58.8 Å². The highest BCUT2D eigenvalue weighted by Gasteiger charge is 2.11. The zero-order valence-electron chi connectivity index (χ0n) is 9.33. The lowest BCUT2D eigenvalue weighted by atomic mass is 10.1. The van der Waals surface area contributed by atoms with Crippen LogP contribution in [0.5, 0.6) is 0 Å². The van der Waals surface area contributed by atoms with Gasteiger partial charge in [0.25, 0.3) is 5.56 Å². The van der Waals surface area contributed by atoms with Gasteiger partial charge in [-0.2, -0.15) is 0 Å². The van der Waals surface area contributed by atoms with Crippen LogP contribution in [0.15, 0.2) is 53.5 Å². The smallest absolute Gasteiger partial charge is 0.341 e. The number of nitrogens with zero attached hydrogens (tertiary/aromatic N) is 1. The SMILES string of the molecule is O=C(O)c1ccc2c3ccccc3ccn2c1=O. The van der Waals surface area contributed by atoms with Gasteiger partial charge in [0.1, 0.15) is 5.56 Å². The van der Waals surface area contributed by atoms with Crippen LogP contribution in [0.2, 0.25) is 0 Å². The Morgan fingerprint density at radius 2 is 1.83 bits per heavy atom. The van der Waals surface area contributed by atoms with Crippen LogP contribution in [-0.4, -0.2) is 15.5 Å². The molecule has 0 unspecified atom stereocenters. The molecule has 0 saturated heterocycles. The molecule has 1 aromatic carbocycles. The van der Waals surface area contributed by atoms with E-state index in [4.69, 9.17) is 5.11 Å². The van der Waals surface area contributed by atoms with Crippen molar-refractivity contribution in [2.24, 2.45) is 0 Å². The number of hydrogen-bond donors (Lipinski definition) is 1. The molecule has 0 radical (unpaired) electrons. The first-order chi connectivity index (χ1) is 8.68. The zero-order chi connectivity index (χ0) is 12.7. The van der Waals surface area contributed by atoms with Crippen molar-refractivity contribution in [3.8, 4) is 0 Å². The van der Waals surface area contributed by atoms with Gasteiger partial charge < -0.3 is 5.11 Å². The van der Waals surface area contributed by atoms with Crippen LogP contribution >= 0.6 is 0 Å². The minimum absolute atomic E-state index is 0.220. The normalized spacial score (nSPS) is 10.9. The molecule has 0 saturated carbocycles. The van der Waals surface area contributed by atoms with Crippen molar-refractivity contribution in [2.45, 2.75) is 0 Å². The standard InChI is InChI=1S/C14H9NO3/c16-13-11(14(17)18)5-6-12-10-4-2-1-3-9(10)7-8-15(12)13/h1-8H,(H,17,18). The monoisotopic (exact) mass is 239 g/mol. The maximum absolute atomic E-state index is 12.0. The third-order valence-electron chi connectivity index (χ3n) is 2.99. The molecule has 1 N–H and O–H groups in total. The summed E-state index contributed by atoms with van der Waals surface area (Å²) in [5, 5.41) is 10.9. The van der Waals surface area contributed by atoms with E-state index < -0.39 is 11.5 Å². The Kier molecular flexibility index (Phi) is 2.16. The summed E-state index contributed by atoms with van der Waals surface area (Å²) in [6.07, 6.45) is 1.60. The first-order valence-corrected chi connectivity index (χ1v) is 5.45. The number of fused-ring (bicyclic) bond motifs is 3. The summed E-state index contributed by atoms with van der Waals surface area (Å²) in [4.78, 5) is 22.9. The highest BCUT2D eigenvalue weighted by molar-refractivity contribution is 5.96. The molecule has 4 nitrogen and oxygen atoms in total. The van der Waals surface area contributed by atoms with Crippen molar-refractivity contribution >= 4 is 22.3 Å². The van der Waals surface area contributed by atoms with Crippen molar-refractivity contribution in [2.75, 3.05) is 0 Å². The first-order valence-electron chi connectivity index (χ1n) is 5.45. The van der Waals surface area contributed by atoms with Gasteiger partial charge in [0.05, 0.1) is 5.52 Å². The fraction of sp³-hybridized carbons (Fsp3) is 0. The lowest BCUT2D eigenvalue weighted by Crippen LogP contribution is -2.21. The Labute approximate surface area is 102 Å². The molecular weight excluding hydrogens is 230 g/mol. The van der Waals surface area contributed by atoms with Crippen molar-refractivity contribution in [3.63, 3.8) is 0 Å². The molecular formula is C14H9NO3. The number of carbonyl (C=O) groups is 1.